The van der Waals surface area contributed by atoms with Crippen LogP contribution in [0.2, 0.25) is 10.0 Å². The van der Waals surface area contributed by atoms with Gasteiger partial charge in [0.15, 0.2) is 0 Å². The Morgan fingerprint density at radius 1 is 1.00 bits per heavy atom. The summed E-state index contributed by atoms with van der Waals surface area (Å²) in [7, 11) is 0. The van der Waals surface area contributed by atoms with E-state index in [0.29, 0.717) is 16.0 Å². The van der Waals surface area contributed by atoms with Crippen LogP contribution in [0, 0.1) is 0 Å². The molecule has 0 heterocycles. The van der Waals surface area contributed by atoms with Crippen LogP contribution < -0.4 is 0 Å². The van der Waals surface area contributed by atoms with E-state index in [1.807, 2.05) is 36.4 Å². The van der Waals surface area contributed by atoms with E-state index < -0.39 is 0 Å². The van der Waals surface area contributed by atoms with Crippen molar-refractivity contribution in [1.29, 1.82) is 0 Å². The van der Waals surface area contributed by atoms with Crippen molar-refractivity contribution in [3.63, 3.8) is 0 Å². The minimum absolute atomic E-state index is 0.344. The number of hydrogen-bond donors (Lipinski definition) is 1. The van der Waals surface area contributed by atoms with Gasteiger partial charge in [0.05, 0.1) is 16.1 Å². The summed E-state index contributed by atoms with van der Waals surface area (Å²) in [6.45, 7) is 0. The summed E-state index contributed by atoms with van der Waals surface area (Å²) in [6, 6.07) is 13.9. The third-order valence-electron chi connectivity index (χ3n) is 3.77. The first-order valence-electron chi connectivity index (χ1n) is 6.36. The van der Waals surface area contributed by atoms with Crippen LogP contribution in [-0.2, 0) is 6.42 Å². The first-order valence-corrected chi connectivity index (χ1v) is 7.11. The Morgan fingerprint density at radius 2 is 1.74 bits per heavy atom. The molecule has 1 aliphatic rings. The normalized spacial score (nSPS) is 21.4. The van der Waals surface area contributed by atoms with Crippen LogP contribution in [0.25, 0.3) is 0 Å². The maximum absolute atomic E-state index is 10.1. The standard InChI is InChI=1S/C16H14Cl2O/c17-14-6-5-10(8-15(14)18)7-11-9-16(19)13-4-2-1-3-12(11)13/h1-6,8,11,16,19H,7,9H2. The second kappa shape index (κ2) is 5.16. The molecule has 0 saturated carbocycles. The molecule has 98 valence electrons. The molecule has 0 aromatic heterocycles. The Kier molecular flexibility index (Phi) is 3.53. The average molecular weight is 293 g/mol. The number of halogens is 2. The van der Waals surface area contributed by atoms with E-state index in [0.717, 1.165) is 24.0 Å². The van der Waals surface area contributed by atoms with Crippen LogP contribution in [0.1, 0.15) is 35.1 Å². The summed E-state index contributed by atoms with van der Waals surface area (Å²) in [5, 5.41) is 11.3. The highest BCUT2D eigenvalue weighted by atomic mass is 35.5. The third-order valence-corrected chi connectivity index (χ3v) is 4.51. The topological polar surface area (TPSA) is 20.2 Å². The molecule has 0 spiro atoms. The van der Waals surface area contributed by atoms with Crippen LogP contribution >= 0.6 is 23.2 Å². The van der Waals surface area contributed by atoms with E-state index in [9.17, 15) is 5.11 Å². The zero-order valence-corrected chi connectivity index (χ0v) is 11.8. The highest BCUT2D eigenvalue weighted by molar-refractivity contribution is 6.42. The number of hydrogen-bond acceptors (Lipinski definition) is 1. The Labute approximate surface area is 122 Å². The molecular weight excluding hydrogens is 279 g/mol. The fourth-order valence-corrected chi connectivity index (χ4v) is 3.17. The van der Waals surface area contributed by atoms with Crippen molar-refractivity contribution >= 4 is 23.2 Å². The van der Waals surface area contributed by atoms with Gasteiger partial charge in [-0.15, -0.1) is 0 Å². The number of aliphatic hydroxyl groups excluding tert-OH is 1. The van der Waals surface area contributed by atoms with Crippen molar-refractivity contribution in [2.75, 3.05) is 0 Å². The summed E-state index contributed by atoms with van der Waals surface area (Å²) in [5.74, 6) is 0.350. The lowest BCUT2D eigenvalue weighted by Gasteiger charge is -2.12. The molecule has 0 bridgehead atoms. The average Bonchev–Trinajstić information content (AvgIpc) is 2.72. The van der Waals surface area contributed by atoms with Crippen molar-refractivity contribution in [2.24, 2.45) is 0 Å². The third kappa shape index (κ3) is 2.51. The van der Waals surface area contributed by atoms with Gasteiger partial charge in [-0.2, -0.15) is 0 Å². The number of aliphatic hydroxyl groups is 1. The van der Waals surface area contributed by atoms with Gasteiger partial charge < -0.3 is 5.11 Å². The van der Waals surface area contributed by atoms with Crippen LogP contribution in [0.5, 0.6) is 0 Å². The maximum atomic E-state index is 10.1. The SMILES string of the molecule is OC1CC(Cc2ccc(Cl)c(Cl)c2)c2ccccc21. The Morgan fingerprint density at radius 3 is 2.47 bits per heavy atom. The van der Waals surface area contributed by atoms with Gasteiger partial charge in [0.2, 0.25) is 0 Å². The Bertz CT molecular complexity index is 609. The highest BCUT2D eigenvalue weighted by Gasteiger charge is 2.29. The minimum Gasteiger partial charge on any atom is -0.388 e. The monoisotopic (exact) mass is 292 g/mol. The van der Waals surface area contributed by atoms with Crippen molar-refractivity contribution in [3.05, 3.63) is 69.2 Å². The first-order chi connectivity index (χ1) is 9.15. The van der Waals surface area contributed by atoms with Gasteiger partial charge in [0, 0.05) is 0 Å². The van der Waals surface area contributed by atoms with Crippen molar-refractivity contribution in [2.45, 2.75) is 24.9 Å². The largest absolute Gasteiger partial charge is 0.388 e. The van der Waals surface area contributed by atoms with Crippen molar-refractivity contribution < 1.29 is 5.11 Å². The van der Waals surface area contributed by atoms with Gasteiger partial charge in [-0.25, -0.2) is 0 Å². The molecule has 0 amide bonds. The predicted molar refractivity (Wildman–Crippen MR) is 78.9 cm³/mol. The van der Waals surface area contributed by atoms with Crippen LogP contribution in [0.15, 0.2) is 42.5 Å². The number of fused-ring (bicyclic) bond motifs is 1. The summed E-state index contributed by atoms with van der Waals surface area (Å²) in [6.07, 6.45) is 1.31. The fraction of sp³-hybridized carbons (Fsp3) is 0.250. The van der Waals surface area contributed by atoms with Gasteiger partial charge in [-0.3, -0.25) is 0 Å². The summed E-state index contributed by atoms with van der Waals surface area (Å²) in [5.41, 5.74) is 3.47. The number of rotatable bonds is 2. The Balaban J connectivity index is 1.87. The number of benzene rings is 2. The second-order valence-electron chi connectivity index (χ2n) is 5.03. The quantitative estimate of drug-likeness (QED) is 0.846. The zero-order chi connectivity index (χ0) is 13.4. The lowest BCUT2D eigenvalue weighted by Crippen LogP contribution is -1.99. The van der Waals surface area contributed by atoms with E-state index in [-0.39, 0.29) is 6.10 Å². The molecule has 0 radical (unpaired) electrons. The van der Waals surface area contributed by atoms with E-state index in [2.05, 4.69) is 6.07 Å². The molecule has 3 rings (SSSR count). The fourth-order valence-electron chi connectivity index (χ4n) is 2.85. The van der Waals surface area contributed by atoms with E-state index >= 15 is 0 Å². The van der Waals surface area contributed by atoms with Crippen LogP contribution in [0.4, 0.5) is 0 Å². The molecule has 1 nitrogen and oxygen atoms in total. The Hall–Kier alpha value is -1.02. The van der Waals surface area contributed by atoms with E-state index in [4.69, 9.17) is 23.2 Å². The second-order valence-corrected chi connectivity index (χ2v) is 5.84. The molecule has 2 aromatic rings. The molecule has 0 saturated heterocycles. The summed E-state index contributed by atoms with van der Waals surface area (Å²) >= 11 is 12.0. The lowest BCUT2D eigenvalue weighted by atomic mass is 9.94. The van der Waals surface area contributed by atoms with E-state index in [1.54, 1.807) is 0 Å². The molecule has 0 aliphatic heterocycles. The summed E-state index contributed by atoms with van der Waals surface area (Å²) < 4.78 is 0. The van der Waals surface area contributed by atoms with Crippen molar-refractivity contribution in [1.82, 2.24) is 0 Å². The maximum Gasteiger partial charge on any atom is 0.0798 e. The van der Waals surface area contributed by atoms with E-state index in [1.165, 1.54) is 5.56 Å². The predicted octanol–water partition coefficient (Wildman–Crippen LogP) is 4.76. The van der Waals surface area contributed by atoms with Gasteiger partial charge in [-0.05, 0) is 47.6 Å². The zero-order valence-electron chi connectivity index (χ0n) is 10.3. The molecule has 0 fully saturated rings. The van der Waals surface area contributed by atoms with Gasteiger partial charge >= 0.3 is 0 Å². The molecule has 1 N–H and O–H groups in total. The molecular formula is C16H14Cl2O. The highest BCUT2D eigenvalue weighted by Crippen LogP contribution is 2.42. The smallest absolute Gasteiger partial charge is 0.0798 e. The molecule has 3 heteroatoms. The molecule has 2 aromatic carbocycles. The van der Waals surface area contributed by atoms with Gasteiger partial charge in [-0.1, -0.05) is 53.5 Å². The first kappa shape index (κ1) is 13.0. The van der Waals surface area contributed by atoms with Gasteiger partial charge in [0.25, 0.3) is 0 Å². The summed E-state index contributed by atoms with van der Waals surface area (Å²) in [4.78, 5) is 0. The molecule has 2 atom stereocenters. The lowest BCUT2D eigenvalue weighted by molar-refractivity contribution is 0.173. The minimum atomic E-state index is -0.344. The molecule has 19 heavy (non-hydrogen) atoms. The van der Waals surface area contributed by atoms with Crippen LogP contribution in [-0.4, -0.2) is 5.11 Å². The molecule has 1 aliphatic carbocycles. The van der Waals surface area contributed by atoms with Gasteiger partial charge in [0.1, 0.15) is 0 Å². The molecule has 2 unspecified atom stereocenters. The van der Waals surface area contributed by atoms with Crippen molar-refractivity contribution in [3.8, 4) is 0 Å². The van der Waals surface area contributed by atoms with Crippen LogP contribution in [0.3, 0.4) is 0 Å².